The number of carbonyl (C=O) groups excluding carboxylic acids is 1. The molecule has 1 saturated carbocycles. The average molecular weight is 248 g/mol. The Bertz CT molecular complexity index is 432. The van der Waals surface area contributed by atoms with Crippen molar-refractivity contribution in [3.05, 3.63) is 30.3 Å². The van der Waals surface area contributed by atoms with Crippen molar-refractivity contribution < 1.29 is 19.4 Å². The Balaban J connectivity index is 2.16. The average Bonchev–Trinajstić information content (AvgIpc) is 2.40. The van der Waals surface area contributed by atoms with Gasteiger partial charge in [0.1, 0.15) is 5.75 Å². The fourth-order valence-electron chi connectivity index (χ4n) is 2.35. The molecule has 1 aromatic carbocycles. The van der Waals surface area contributed by atoms with E-state index in [9.17, 15) is 14.7 Å². The molecule has 96 valence electrons. The molecule has 0 heterocycles. The number of hydrogen-bond acceptors (Lipinski definition) is 3. The summed E-state index contributed by atoms with van der Waals surface area (Å²) in [6.45, 7) is 0. The lowest BCUT2D eigenvalue weighted by molar-refractivity contribution is -0.165. The monoisotopic (exact) mass is 248 g/mol. The number of carboxylic acids is 1. The molecule has 0 aliphatic heterocycles. The second-order valence-electron chi connectivity index (χ2n) is 4.65. The summed E-state index contributed by atoms with van der Waals surface area (Å²) in [5.41, 5.74) is -1.35. The highest BCUT2D eigenvalue weighted by Gasteiger charge is 2.48. The molecule has 4 nitrogen and oxygen atoms in total. The molecule has 0 unspecified atom stereocenters. The minimum Gasteiger partial charge on any atom is -0.480 e. The summed E-state index contributed by atoms with van der Waals surface area (Å²) >= 11 is 0. The van der Waals surface area contributed by atoms with Crippen molar-refractivity contribution in [2.45, 2.75) is 32.1 Å². The van der Waals surface area contributed by atoms with Crippen molar-refractivity contribution in [1.82, 2.24) is 0 Å². The molecule has 18 heavy (non-hydrogen) atoms. The van der Waals surface area contributed by atoms with Gasteiger partial charge in [-0.1, -0.05) is 37.5 Å². The van der Waals surface area contributed by atoms with Crippen LogP contribution in [0.3, 0.4) is 0 Å². The number of aliphatic carboxylic acids is 1. The van der Waals surface area contributed by atoms with Crippen molar-refractivity contribution in [3.8, 4) is 5.75 Å². The zero-order chi connectivity index (χ0) is 13.0. The highest BCUT2D eigenvalue weighted by Crippen LogP contribution is 2.38. The van der Waals surface area contributed by atoms with E-state index < -0.39 is 17.4 Å². The third-order valence-electron chi connectivity index (χ3n) is 3.46. The predicted molar refractivity (Wildman–Crippen MR) is 65.2 cm³/mol. The highest BCUT2D eigenvalue weighted by molar-refractivity contribution is 6.00. The van der Waals surface area contributed by atoms with Gasteiger partial charge in [0.05, 0.1) is 0 Å². The van der Waals surface area contributed by atoms with Crippen molar-refractivity contribution in [2.24, 2.45) is 5.41 Å². The maximum absolute atomic E-state index is 12.1. The van der Waals surface area contributed by atoms with Gasteiger partial charge in [0.15, 0.2) is 5.41 Å². The van der Waals surface area contributed by atoms with Gasteiger partial charge < -0.3 is 9.84 Å². The van der Waals surface area contributed by atoms with E-state index in [0.717, 1.165) is 19.3 Å². The van der Waals surface area contributed by atoms with E-state index in [2.05, 4.69) is 0 Å². The first-order valence-corrected chi connectivity index (χ1v) is 6.16. The SMILES string of the molecule is O=C(O)C1(C(=O)Oc2ccccc2)CCCCC1. The standard InChI is InChI=1S/C14H16O4/c15-12(16)14(9-5-2-6-10-14)13(17)18-11-7-3-1-4-8-11/h1,3-4,7-8H,2,5-6,9-10H2,(H,15,16). The Labute approximate surface area is 106 Å². The molecule has 1 aliphatic rings. The molecule has 1 aromatic rings. The van der Waals surface area contributed by atoms with Crippen LogP contribution >= 0.6 is 0 Å². The van der Waals surface area contributed by atoms with Gasteiger partial charge >= 0.3 is 11.9 Å². The zero-order valence-electron chi connectivity index (χ0n) is 10.1. The van der Waals surface area contributed by atoms with Gasteiger partial charge in [-0.3, -0.25) is 9.59 Å². The molecule has 0 aromatic heterocycles. The van der Waals surface area contributed by atoms with E-state index >= 15 is 0 Å². The smallest absolute Gasteiger partial charge is 0.328 e. The van der Waals surface area contributed by atoms with Crippen LogP contribution in [0.5, 0.6) is 5.75 Å². The Morgan fingerprint density at radius 2 is 1.67 bits per heavy atom. The van der Waals surface area contributed by atoms with E-state index in [1.54, 1.807) is 24.3 Å². The summed E-state index contributed by atoms with van der Waals surface area (Å²) in [7, 11) is 0. The number of rotatable bonds is 3. The Morgan fingerprint density at radius 1 is 1.06 bits per heavy atom. The maximum Gasteiger partial charge on any atom is 0.328 e. The molecule has 0 amide bonds. The molecule has 2 rings (SSSR count). The number of ether oxygens (including phenoxy) is 1. The minimum absolute atomic E-state index is 0.369. The van der Waals surface area contributed by atoms with Crippen molar-refractivity contribution >= 4 is 11.9 Å². The van der Waals surface area contributed by atoms with E-state index in [4.69, 9.17) is 4.74 Å². The van der Waals surface area contributed by atoms with Gasteiger partial charge in [-0.2, -0.15) is 0 Å². The normalized spacial score (nSPS) is 18.0. The van der Waals surface area contributed by atoms with Gasteiger partial charge in [0.25, 0.3) is 0 Å². The zero-order valence-corrected chi connectivity index (χ0v) is 10.1. The van der Waals surface area contributed by atoms with Crippen LogP contribution in [0.25, 0.3) is 0 Å². The first-order valence-electron chi connectivity index (χ1n) is 6.16. The highest BCUT2D eigenvalue weighted by atomic mass is 16.5. The number of hydrogen-bond donors (Lipinski definition) is 1. The van der Waals surface area contributed by atoms with Gasteiger partial charge in [-0.15, -0.1) is 0 Å². The fourth-order valence-corrected chi connectivity index (χ4v) is 2.35. The van der Waals surface area contributed by atoms with E-state index in [1.807, 2.05) is 6.07 Å². The Morgan fingerprint density at radius 3 is 2.22 bits per heavy atom. The van der Waals surface area contributed by atoms with Crippen LogP contribution in [0, 0.1) is 5.41 Å². The molecule has 0 atom stereocenters. The van der Waals surface area contributed by atoms with Crippen molar-refractivity contribution in [1.29, 1.82) is 0 Å². The van der Waals surface area contributed by atoms with Gasteiger partial charge in [0.2, 0.25) is 0 Å². The number of esters is 1. The summed E-state index contributed by atoms with van der Waals surface area (Å²) < 4.78 is 5.20. The molecule has 4 heteroatoms. The van der Waals surface area contributed by atoms with Gasteiger partial charge in [0, 0.05) is 0 Å². The number of carboxylic acid groups (broad SMARTS) is 1. The summed E-state index contributed by atoms with van der Waals surface area (Å²) in [6, 6.07) is 8.60. The quantitative estimate of drug-likeness (QED) is 0.507. The molecule has 0 saturated heterocycles. The predicted octanol–water partition coefficient (Wildman–Crippen LogP) is 2.63. The largest absolute Gasteiger partial charge is 0.480 e. The number of para-hydroxylation sites is 1. The number of carbonyl (C=O) groups is 2. The molecule has 0 spiro atoms. The minimum atomic E-state index is -1.35. The van der Waals surface area contributed by atoms with Gasteiger partial charge in [-0.05, 0) is 25.0 Å². The summed E-state index contributed by atoms with van der Waals surface area (Å²) in [6.07, 6.45) is 3.24. The van der Waals surface area contributed by atoms with Crippen LogP contribution < -0.4 is 4.74 Å². The third kappa shape index (κ3) is 2.37. The van der Waals surface area contributed by atoms with Crippen LogP contribution in [0.15, 0.2) is 30.3 Å². The van der Waals surface area contributed by atoms with E-state index in [0.29, 0.717) is 18.6 Å². The second-order valence-corrected chi connectivity index (χ2v) is 4.65. The lowest BCUT2D eigenvalue weighted by atomic mass is 9.74. The van der Waals surface area contributed by atoms with Crippen LogP contribution in [0.1, 0.15) is 32.1 Å². The number of benzene rings is 1. The summed E-state index contributed by atoms with van der Waals surface area (Å²) in [5.74, 6) is -1.31. The lowest BCUT2D eigenvalue weighted by Gasteiger charge is -2.30. The third-order valence-corrected chi connectivity index (χ3v) is 3.46. The summed E-state index contributed by atoms with van der Waals surface area (Å²) in [4.78, 5) is 23.5. The Hall–Kier alpha value is -1.84. The molecule has 1 aliphatic carbocycles. The molecular weight excluding hydrogens is 232 g/mol. The topological polar surface area (TPSA) is 63.6 Å². The maximum atomic E-state index is 12.1. The van der Waals surface area contributed by atoms with Crippen LogP contribution in [0.2, 0.25) is 0 Å². The van der Waals surface area contributed by atoms with Gasteiger partial charge in [-0.25, -0.2) is 0 Å². The summed E-state index contributed by atoms with van der Waals surface area (Å²) in [5, 5.41) is 9.34. The fraction of sp³-hybridized carbons (Fsp3) is 0.429. The first kappa shape index (κ1) is 12.6. The first-order chi connectivity index (χ1) is 8.65. The van der Waals surface area contributed by atoms with E-state index in [1.165, 1.54) is 0 Å². The van der Waals surface area contributed by atoms with Crippen molar-refractivity contribution in [2.75, 3.05) is 0 Å². The molecule has 0 radical (unpaired) electrons. The molecule has 1 fully saturated rings. The lowest BCUT2D eigenvalue weighted by Crippen LogP contribution is -2.43. The Kier molecular flexibility index (Phi) is 3.65. The van der Waals surface area contributed by atoms with Crippen LogP contribution in [-0.4, -0.2) is 17.0 Å². The molecule has 1 N–H and O–H groups in total. The molecular formula is C14H16O4. The second kappa shape index (κ2) is 5.21. The van der Waals surface area contributed by atoms with Crippen LogP contribution in [0.4, 0.5) is 0 Å². The van der Waals surface area contributed by atoms with Crippen molar-refractivity contribution in [3.63, 3.8) is 0 Å². The molecule has 0 bridgehead atoms. The van der Waals surface area contributed by atoms with Crippen LogP contribution in [-0.2, 0) is 9.59 Å². The van der Waals surface area contributed by atoms with E-state index in [-0.39, 0.29) is 0 Å².